The van der Waals surface area contributed by atoms with Crippen LogP contribution in [0.15, 0.2) is 54.6 Å². The first-order valence-electron chi connectivity index (χ1n) is 8.86. The molecule has 0 heterocycles. The molecule has 1 atom stereocenters. The summed E-state index contributed by atoms with van der Waals surface area (Å²) < 4.78 is 5.22. The molecule has 0 bridgehead atoms. The van der Waals surface area contributed by atoms with Crippen molar-refractivity contribution < 1.29 is 19.4 Å². The molecule has 0 unspecified atom stereocenters. The monoisotopic (exact) mass is 365 g/mol. The summed E-state index contributed by atoms with van der Waals surface area (Å²) in [5, 5.41) is 16.2. The number of alkyl carbamates (subject to hydrolysis) is 1. The van der Waals surface area contributed by atoms with Crippen LogP contribution in [0.1, 0.15) is 26.3 Å². The molecule has 0 spiro atoms. The van der Waals surface area contributed by atoms with Gasteiger partial charge in [-0.1, -0.05) is 48.5 Å². The summed E-state index contributed by atoms with van der Waals surface area (Å²) in [6, 6.07) is 16.7. The van der Waals surface area contributed by atoms with E-state index in [0.717, 1.165) is 27.1 Å². The quantitative estimate of drug-likeness (QED) is 0.667. The predicted octanol–water partition coefficient (Wildman–Crippen LogP) is 4.51. The standard InChI is InChI=1S/C22H23NO4/c1-22(2,3)27-21(26)23-19(20(24)25)13-18-16-10-6-4-8-14(16)12-15-9-5-7-11-17(15)18/h4-12,19H,13H2,1-3H3,(H,23,26)(H,24,25)/t19-/m1/s1. The molecule has 1 amide bonds. The fourth-order valence-corrected chi connectivity index (χ4v) is 3.18. The molecule has 2 N–H and O–H groups in total. The second-order valence-corrected chi connectivity index (χ2v) is 7.54. The lowest BCUT2D eigenvalue weighted by Gasteiger charge is -2.22. The molecule has 140 valence electrons. The molecule has 5 nitrogen and oxygen atoms in total. The van der Waals surface area contributed by atoms with Crippen molar-refractivity contribution in [1.29, 1.82) is 0 Å². The average molecular weight is 365 g/mol. The Morgan fingerprint density at radius 3 is 2.00 bits per heavy atom. The summed E-state index contributed by atoms with van der Waals surface area (Å²) in [6.45, 7) is 5.21. The number of benzene rings is 3. The van der Waals surface area contributed by atoms with E-state index in [1.807, 2.05) is 48.5 Å². The van der Waals surface area contributed by atoms with E-state index in [1.54, 1.807) is 20.8 Å². The number of carbonyl (C=O) groups is 2. The van der Waals surface area contributed by atoms with Crippen molar-refractivity contribution in [2.75, 3.05) is 0 Å². The second kappa shape index (κ2) is 7.27. The highest BCUT2D eigenvalue weighted by atomic mass is 16.6. The Balaban J connectivity index is 2.01. The van der Waals surface area contributed by atoms with Gasteiger partial charge >= 0.3 is 12.1 Å². The number of hydrogen-bond donors (Lipinski definition) is 2. The van der Waals surface area contributed by atoms with E-state index in [9.17, 15) is 14.7 Å². The van der Waals surface area contributed by atoms with Crippen LogP contribution in [0.4, 0.5) is 4.79 Å². The molecule has 0 aliphatic rings. The minimum Gasteiger partial charge on any atom is -0.480 e. The number of hydrogen-bond acceptors (Lipinski definition) is 3. The Bertz CT molecular complexity index is 950. The largest absolute Gasteiger partial charge is 0.480 e. The summed E-state index contributed by atoms with van der Waals surface area (Å²) in [5.41, 5.74) is 0.200. The highest BCUT2D eigenvalue weighted by molar-refractivity contribution is 6.02. The molecule has 0 fully saturated rings. The van der Waals surface area contributed by atoms with Crippen molar-refractivity contribution in [3.63, 3.8) is 0 Å². The number of rotatable bonds is 4. The molecule has 0 aromatic heterocycles. The van der Waals surface area contributed by atoms with Gasteiger partial charge in [0.25, 0.3) is 0 Å². The van der Waals surface area contributed by atoms with Crippen LogP contribution in [0, 0.1) is 0 Å². The number of carboxylic acids is 1. The molecule has 0 saturated heterocycles. The van der Waals surface area contributed by atoms with E-state index in [0.29, 0.717) is 0 Å². The van der Waals surface area contributed by atoms with E-state index >= 15 is 0 Å². The Morgan fingerprint density at radius 2 is 1.52 bits per heavy atom. The van der Waals surface area contributed by atoms with Crippen molar-refractivity contribution in [2.45, 2.75) is 38.8 Å². The first-order valence-corrected chi connectivity index (χ1v) is 8.86. The summed E-state index contributed by atoms with van der Waals surface area (Å²) in [7, 11) is 0. The number of amides is 1. The van der Waals surface area contributed by atoms with Gasteiger partial charge in [0.05, 0.1) is 0 Å². The Hall–Kier alpha value is -3.08. The molecule has 0 aliphatic carbocycles. The van der Waals surface area contributed by atoms with Crippen molar-refractivity contribution in [3.05, 3.63) is 60.2 Å². The molecule has 0 radical (unpaired) electrons. The SMILES string of the molecule is CC(C)(C)OC(=O)N[C@H](Cc1c2ccccc2cc2ccccc12)C(=O)O. The fourth-order valence-electron chi connectivity index (χ4n) is 3.18. The summed E-state index contributed by atoms with van der Waals surface area (Å²) in [6.07, 6.45) is -0.573. The van der Waals surface area contributed by atoms with Crippen molar-refractivity contribution in [3.8, 4) is 0 Å². The van der Waals surface area contributed by atoms with Gasteiger partial charge in [0.15, 0.2) is 0 Å². The average Bonchev–Trinajstić information content (AvgIpc) is 2.59. The maximum Gasteiger partial charge on any atom is 0.408 e. The van der Waals surface area contributed by atoms with Crippen molar-refractivity contribution in [1.82, 2.24) is 5.32 Å². The molecule has 0 saturated carbocycles. The molecule has 5 heteroatoms. The second-order valence-electron chi connectivity index (χ2n) is 7.54. The smallest absolute Gasteiger partial charge is 0.408 e. The number of carboxylic acid groups (broad SMARTS) is 1. The molecule has 0 aliphatic heterocycles. The zero-order chi connectivity index (χ0) is 19.6. The summed E-state index contributed by atoms with van der Waals surface area (Å²) in [4.78, 5) is 23.9. The number of nitrogens with one attached hydrogen (secondary N) is 1. The fraction of sp³-hybridized carbons (Fsp3) is 0.273. The van der Waals surface area contributed by atoms with Gasteiger partial charge in [0.2, 0.25) is 0 Å². The molecular formula is C22H23NO4. The third-order valence-electron chi connectivity index (χ3n) is 4.28. The maximum atomic E-state index is 12.1. The van der Waals surface area contributed by atoms with Crippen LogP contribution in [-0.4, -0.2) is 28.8 Å². The number of carbonyl (C=O) groups excluding carboxylic acids is 1. The lowest BCUT2D eigenvalue weighted by atomic mass is 9.92. The Morgan fingerprint density at radius 1 is 1.00 bits per heavy atom. The summed E-state index contributed by atoms with van der Waals surface area (Å²) in [5.74, 6) is -1.10. The number of aliphatic carboxylic acids is 1. The van der Waals surface area contributed by atoms with Crippen LogP contribution in [-0.2, 0) is 16.0 Å². The van der Waals surface area contributed by atoms with E-state index in [1.165, 1.54) is 0 Å². The van der Waals surface area contributed by atoms with Gasteiger partial charge in [-0.15, -0.1) is 0 Å². The van der Waals surface area contributed by atoms with E-state index < -0.39 is 23.7 Å². The van der Waals surface area contributed by atoms with Gasteiger partial charge in [-0.05, 0) is 53.9 Å². The van der Waals surface area contributed by atoms with Crippen molar-refractivity contribution >= 4 is 33.6 Å². The minimum atomic E-state index is -1.10. The van der Waals surface area contributed by atoms with Crippen LogP contribution in [0.25, 0.3) is 21.5 Å². The topological polar surface area (TPSA) is 75.6 Å². The molecule has 3 aromatic carbocycles. The normalized spacial score (nSPS) is 12.7. The molecule has 3 rings (SSSR count). The van der Waals surface area contributed by atoms with Crippen LogP contribution in [0.5, 0.6) is 0 Å². The van der Waals surface area contributed by atoms with Crippen molar-refractivity contribution in [2.24, 2.45) is 0 Å². The third kappa shape index (κ3) is 4.37. The van der Waals surface area contributed by atoms with Gasteiger partial charge in [0, 0.05) is 6.42 Å². The number of ether oxygens (including phenoxy) is 1. The maximum absolute atomic E-state index is 12.1. The van der Waals surface area contributed by atoms with E-state index in [2.05, 4.69) is 11.4 Å². The summed E-state index contributed by atoms with van der Waals surface area (Å²) >= 11 is 0. The molecule has 3 aromatic rings. The molecule has 27 heavy (non-hydrogen) atoms. The highest BCUT2D eigenvalue weighted by Crippen LogP contribution is 2.29. The predicted molar refractivity (Wildman–Crippen MR) is 106 cm³/mol. The first-order chi connectivity index (χ1) is 12.7. The lowest BCUT2D eigenvalue weighted by molar-refractivity contribution is -0.139. The molecular weight excluding hydrogens is 342 g/mol. The van der Waals surface area contributed by atoms with Gasteiger partial charge < -0.3 is 15.2 Å². The van der Waals surface area contributed by atoms with Crippen LogP contribution in [0.3, 0.4) is 0 Å². The van der Waals surface area contributed by atoms with Crippen LogP contribution < -0.4 is 5.32 Å². The first kappa shape index (κ1) is 18.7. The highest BCUT2D eigenvalue weighted by Gasteiger charge is 2.25. The van der Waals surface area contributed by atoms with Gasteiger partial charge in [0.1, 0.15) is 11.6 Å². The minimum absolute atomic E-state index is 0.163. The van der Waals surface area contributed by atoms with Gasteiger partial charge in [-0.3, -0.25) is 0 Å². The zero-order valence-electron chi connectivity index (χ0n) is 15.7. The lowest BCUT2D eigenvalue weighted by Crippen LogP contribution is -2.44. The van der Waals surface area contributed by atoms with E-state index in [4.69, 9.17) is 4.74 Å². The Kier molecular flexibility index (Phi) is 5.04. The van der Waals surface area contributed by atoms with Gasteiger partial charge in [-0.25, -0.2) is 9.59 Å². The third-order valence-corrected chi connectivity index (χ3v) is 4.28. The van der Waals surface area contributed by atoms with Gasteiger partial charge in [-0.2, -0.15) is 0 Å². The Labute approximate surface area is 157 Å². The number of fused-ring (bicyclic) bond motifs is 2. The van der Waals surface area contributed by atoms with Crippen LogP contribution in [0.2, 0.25) is 0 Å². The zero-order valence-corrected chi connectivity index (χ0v) is 15.7. The van der Waals surface area contributed by atoms with Crippen LogP contribution >= 0.6 is 0 Å². The van der Waals surface area contributed by atoms with E-state index in [-0.39, 0.29) is 6.42 Å².